The Labute approximate surface area is 271 Å². The molecule has 0 radical (unpaired) electrons. The second kappa shape index (κ2) is 11.9. The molecule has 6 N–H and O–H groups in total. The zero-order valence-corrected chi connectivity index (χ0v) is 25.5. The van der Waals surface area contributed by atoms with Gasteiger partial charge in [0.2, 0.25) is 0 Å². The number of nitrogens with one attached hydrogen (secondary N) is 2. The minimum Gasteiger partial charge on any atom is -0.508 e. The Morgan fingerprint density at radius 3 is 2.77 bits per heavy atom. The first-order chi connectivity index (χ1) is 22.7. The number of ether oxygens (including phenoxy) is 2. The molecule has 1 aliphatic carbocycles. The molecular weight excluding hydrogens is 626 g/mol. The summed E-state index contributed by atoms with van der Waals surface area (Å²) in [5, 5.41) is 27.6. The maximum absolute atomic E-state index is 12.6. The van der Waals surface area contributed by atoms with Gasteiger partial charge in [0.05, 0.1) is 24.5 Å². The smallest absolute Gasteiger partial charge is 0.336 e. The third-order valence-electron chi connectivity index (χ3n) is 8.04. The van der Waals surface area contributed by atoms with Gasteiger partial charge in [0.1, 0.15) is 41.3 Å². The number of imidazole rings is 1. The maximum atomic E-state index is 12.6. The lowest BCUT2D eigenvalue weighted by molar-refractivity contribution is -0.0337. The van der Waals surface area contributed by atoms with Gasteiger partial charge in [-0.2, -0.15) is 0 Å². The quantitative estimate of drug-likeness (QED) is 0.122. The number of nitrogens with two attached hydrogens (primary N) is 1. The van der Waals surface area contributed by atoms with Crippen molar-refractivity contribution in [3.05, 3.63) is 83.0 Å². The summed E-state index contributed by atoms with van der Waals surface area (Å²) in [5.74, 6) is -0.677. The first kappa shape index (κ1) is 30.0. The Bertz CT molecular complexity index is 2220. The summed E-state index contributed by atoms with van der Waals surface area (Å²) >= 11 is 5.64. The van der Waals surface area contributed by atoms with E-state index >= 15 is 0 Å². The average molecular weight is 654 g/mol. The van der Waals surface area contributed by atoms with E-state index in [1.807, 2.05) is 0 Å². The van der Waals surface area contributed by atoms with E-state index in [2.05, 4.69) is 25.6 Å². The number of carbonyl (C=O) groups is 1. The van der Waals surface area contributed by atoms with Gasteiger partial charge in [-0.05, 0) is 54.2 Å². The summed E-state index contributed by atoms with van der Waals surface area (Å²) in [6.45, 7) is 0.287. The SMILES string of the molecule is COC[C@H]1OC(n2cnc3c(N)ncnc32)C[C@@H]1NC(=S)Nc1ccc(-c2c3ccc(=O)cc-3oc3cc(O)ccc23)c(C(=O)O)c1. The van der Waals surface area contributed by atoms with Gasteiger partial charge in [0, 0.05) is 47.9 Å². The van der Waals surface area contributed by atoms with Crippen molar-refractivity contribution in [1.82, 2.24) is 24.8 Å². The third kappa shape index (κ3) is 5.56. The van der Waals surface area contributed by atoms with Crippen LogP contribution in [-0.4, -0.2) is 66.7 Å². The lowest BCUT2D eigenvalue weighted by atomic mass is 9.90. The normalized spacial score (nSPS) is 17.8. The van der Waals surface area contributed by atoms with Gasteiger partial charge in [-0.25, -0.2) is 19.7 Å². The highest BCUT2D eigenvalue weighted by Gasteiger charge is 2.37. The minimum atomic E-state index is -1.17. The number of methoxy groups -OCH3 is 1. The summed E-state index contributed by atoms with van der Waals surface area (Å²) in [5.41, 5.74) is 8.90. The van der Waals surface area contributed by atoms with Crippen molar-refractivity contribution in [3.8, 4) is 28.2 Å². The fraction of sp³-hybridized carbons (Fsp3) is 0.188. The van der Waals surface area contributed by atoms with Crippen molar-refractivity contribution in [3.63, 3.8) is 0 Å². The largest absolute Gasteiger partial charge is 0.508 e. The van der Waals surface area contributed by atoms with Gasteiger partial charge in [-0.1, -0.05) is 6.07 Å². The monoisotopic (exact) mass is 653 g/mol. The lowest BCUT2D eigenvalue weighted by Gasteiger charge is -2.21. The number of phenols is 1. The number of aromatic nitrogens is 4. The molecule has 2 aromatic carbocycles. The van der Waals surface area contributed by atoms with E-state index in [4.69, 9.17) is 31.8 Å². The van der Waals surface area contributed by atoms with Gasteiger partial charge < -0.3 is 40.5 Å². The lowest BCUT2D eigenvalue weighted by Crippen LogP contribution is -2.44. The Morgan fingerprint density at radius 2 is 1.96 bits per heavy atom. The van der Waals surface area contributed by atoms with Crippen LogP contribution in [0.15, 0.2) is 76.5 Å². The number of nitrogen functional groups attached to an aromatic ring is 1. The molecule has 47 heavy (non-hydrogen) atoms. The first-order valence-corrected chi connectivity index (χ1v) is 14.8. The second-order valence-electron chi connectivity index (χ2n) is 11.0. The topological polar surface area (TPSA) is 200 Å². The van der Waals surface area contributed by atoms with Crippen LogP contribution in [0.1, 0.15) is 23.0 Å². The molecular formula is C32H27N7O7S. The van der Waals surface area contributed by atoms with Crippen molar-refractivity contribution < 1.29 is 28.9 Å². The van der Waals surface area contributed by atoms with Crippen LogP contribution in [0.5, 0.6) is 5.75 Å². The third-order valence-corrected chi connectivity index (χ3v) is 8.25. The van der Waals surface area contributed by atoms with Crippen molar-refractivity contribution >= 4 is 56.9 Å². The van der Waals surface area contributed by atoms with Gasteiger partial charge >= 0.3 is 5.97 Å². The average Bonchev–Trinajstić information content (AvgIpc) is 3.64. The van der Waals surface area contributed by atoms with Crippen LogP contribution in [0.2, 0.25) is 0 Å². The van der Waals surface area contributed by atoms with E-state index in [1.165, 1.54) is 36.7 Å². The number of hydrogen-bond acceptors (Lipinski definition) is 11. The van der Waals surface area contributed by atoms with Crippen molar-refractivity contribution in [1.29, 1.82) is 0 Å². The Morgan fingerprint density at radius 1 is 1.13 bits per heavy atom. The summed E-state index contributed by atoms with van der Waals surface area (Å²) in [6.07, 6.45) is 2.65. The summed E-state index contributed by atoms with van der Waals surface area (Å²) < 4.78 is 19.4. The highest BCUT2D eigenvalue weighted by Crippen LogP contribution is 2.42. The summed E-state index contributed by atoms with van der Waals surface area (Å²) in [6, 6.07) is 13.5. The van der Waals surface area contributed by atoms with Crippen LogP contribution in [0, 0.1) is 0 Å². The molecule has 0 saturated carbocycles. The van der Waals surface area contributed by atoms with Gasteiger partial charge in [-0.3, -0.25) is 9.36 Å². The fourth-order valence-corrected chi connectivity index (χ4v) is 6.22. The van der Waals surface area contributed by atoms with Gasteiger partial charge in [0.15, 0.2) is 22.0 Å². The summed E-state index contributed by atoms with van der Waals surface area (Å²) in [7, 11) is 1.58. The molecule has 4 heterocycles. The molecule has 3 atom stereocenters. The molecule has 3 aliphatic rings. The maximum Gasteiger partial charge on any atom is 0.336 e. The molecule has 14 nitrogen and oxygen atoms in total. The number of nitrogens with zero attached hydrogens (tertiary/aromatic N) is 4. The zero-order chi connectivity index (χ0) is 32.8. The Hall–Kier alpha value is -5.64. The van der Waals surface area contributed by atoms with Crippen LogP contribution in [0.25, 0.3) is 44.6 Å². The molecule has 1 saturated heterocycles. The number of phenolic OH excluding ortho intramolecular Hbond substituents is 1. The van der Waals surface area contributed by atoms with Crippen LogP contribution in [0.3, 0.4) is 0 Å². The van der Waals surface area contributed by atoms with Crippen LogP contribution in [0.4, 0.5) is 11.5 Å². The number of hydrogen-bond donors (Lipinski definition) is 5. The molecule has 0 bridgehead atoms. The number of carboxylic acids is 1. The molecule has 238 valence electrons. The molecule has 2 aromatic heterocycles. The van der Waals surface area contributed by atoms with E-state index in [0.29, 0.717) is 50.9 Å². The van der Waals surface area contributed by atoms with E-state index in [1.54, 1.807) is 42.3 Å². The van der Waals surface area contributed by atoms with Crippen LogP contribution in [-0.2, 0) is 9.47 Å². The van der Waals surface area contributed by atoms with Gasteiger partial charge in [0.25, 0.3) is 0 Å². The van der Waals surface area contributed by atoms with Crippen molar-refractivity contribution in [2.45, 2.75) is 24.8 Å². The number of rotatable bonds is 7. The summed E-state index contributed by atoms with van der Waals surface area (Å²) in [4.78, 5) is 37.4. The zero-order valence-electron chi connectivity index (χ0n) is 24.7. The number of benzene rings is 3. The van der Waals surface area contributed by atoms with Crippen LogP contribution >= 0.6 is 12.2 Å². The molecule has 1 unspecified atom stereocenters. The number of anilines is 2. The highest BCUT2D eigenvalue weighted by molar-refractivity contribution is 7.80. The highest BCUT2D eigenvalue weighted by atomic mass is 32.1. The van der Waals surface area contributed by atoms with Crippen molar-refractivity contribution in [2.75, 3.05) is 24.8 Å². The first-order valence-electron chi connectivity index (χ1n) is 14.4. The van der Waals surface area contributed by atoms with Crippen molar-refractivity contribution in [2.24, 2.45) is 0 Å². The van der Waals surface area contributed by atoms with E-state index in [-0.39, 0.29) is 52.2 Å². The second-order valence-corrected chi connectivity index (χ2v) is 11.4. The Balaban J connectivity index is 1.17. The fourth-order valence-electron chi connectivity index (χ4n) is 5.95. The molecule has 2 aliphatic heterocycles. The number of aromatic carboxylic acids is 1. The van der Waals surface area contributed by atoms with Crippen LogP contribution < -0.4 is 21.8 Å². The van der Waals surface area contributed by atoms with E-state index < -0.39 is 12.2 Å². The minimum absolute atomic E-state index is 0.0133. The predicted octanol–water partition coefficient (Wildman–Crippen LogP) is 3.98. The molecule has 15 heteroatoms. The molecule has 4 aromatic rings. The number of carboxylic acid groups (broad SMARTS) is 1. The molecule has 0 spiro atoms. The van der Waals surface area contributed by atoms with E-state index in [9.17, 15) is 19.8 Å². The number of aromatic hydroxyl groups is 1. The molecule has 1 fully saturated rings. The number of thiocarbonyl (C=S) groups is 1. The number of fused-ring (bicyclic) bond motifs is 3. The molecule has 0 amide bonds. The van der Waals surface area contributed by atoms with Gasteiger partial charge in [-0.15, -0.1) is 0 Å². The molecule has 7 rings (SSSR count). The standard InChI is InChI=1S/C32H27N7O7S/c1-44-12-25-22(11-26(46-25)39-14-36-28-29(33)34-13-35-30(28)39)38-32(47)37-15-2-5-18(21(8-15)31(42)43)27-19-6-3-16(40)9-23(19)45-24-10-17(41)4-7-20(24)27/h2-10,13-14,22,25-26,40H,11-12H2,1H3,(H,42,43)(H2,33,34,35)(H2,37,38,47)/t22-,25+,26?/m0/s1. The Kier molecular flexibility index (Phi) is 7.63. The predicted molar refractivity (Wildman–Crippen MR) is 176 cm³/mol. The van der Waals surface area contributed by atoms with E-state index in [0.717, 1.165) is 0 Å².